The van der Waals surface area contributed by atoms with Crippen molar-refractivity contribution in [2.75, 3.05) is 78.8 Å². The maximum absolute atomic E-state index is 6.29. The molecule has 0 aromatic carbocycles. The number of fused-ring (bicyclic) bond motifs is 14. The van der Waals surface area contributed by atoms with Gasteiger partial charge in [-0.3, -0.25) is 29.8 Å². The summed E-state index contributed by atoms with van der Waals surface area (Å²) in [7, 11) is 0. The van der Waals surface area contributed by atoms with E-state index in [0.717, 1.165) is 115 Å². The number of aromatic nitrogens is 4. The van der Waals surface area contributed by atoms with Crippen molar-refractivity contribution < 1.29 is 13.9 Å². The Balaban J connectivity index is 1.31. The minimum Gasteiger partial charge on any atom is -0.463 e. The minimum atomic E-state index is 0.697. The second kappa shape index (κ2) is 13.8. The third-order valence-corrected chi connectivity index (χ3v) is 7.05. The van der Waals surface area contributed by atoms with Crippen LogP contribution in [0.2, 0.25) is 0 Å². The van der Waals surface area contributed by atoms with Crippen molar-refractivity contribution in [3.05, 3.63) is 59.6 Å². The van der Waals surface area contributed by atoms with E-state index in [1.165, 1.54) is 0 Å². The maximum Gasteiger partial charge on any atom is 0.118 e. The number of rotatable bonds is 4. The van der Waals surface area contributed by atoms with Crippen LogP contribution in [0.4, 0.5) is 0 Å². The lowest BCUT2D eigenvalue weighted by Crippen LogP contribution is -2.40. The Kier molecular flexibility index (Phi) is 9.76. The molecular weight excluding hydrogens is 472 g/mol. The molecule has 37 heavy (non-hydrogen) atoms. The lowest BCUT2D eigenvalue weighted by atomic mass is 10.3. The molecule has 3 aromatic heterocycles. The summed E-state index contributed by atoms with van der Waals surface area (Å²) < 4.78 is 18.5. The van der Waals surface area contributed by atoms with Gasteiger partial charge in [0.15, 0.2) is 0 Å². The summed E-state index contributed by atoms with van der Waals surface area (Å²) in [6.07, 6.45) is 3.62. The van der Waals surface area contributed by atoms with E-state index in [0.29, 0.717) is 13.2 Å². The monoisotopic (exact) mass is 512 g/mol. The van der Waals surface area contributed by atoms with Crippen LogP contribution in [-0.2, 0) is 35.7 Å². The standard InChI is InChI=1S/C26H40N8O3/c1-2-26-22-34-10-8-32(20-24-4-6-28-30-24)12-16-35-15-11-31(19-23-3-5-27-29-23)7-9-33(21-25(1)37-26)13-17-36-18-14-34/h1-6H,7-22H2,(H,27,29)(H,28,30). The van der Waals surface area contributed by atoms with E-state index < -0.39 is 0 Å². The van der Waals surface area contributed by atoms with Crippen LogP contribution in [0.15, 0.2) is 41.1 Å². The van der Waals surface area contributed by atoms with Crippen LogP contribution in [0.3, 0.4) is 0 Å². The molecule has 0 amide bonds. The van der Waals surface area contributed by atoms with Gasteiger partial charge in [0.2, 0.25) is 0 Å². The van der Waals surface area contributed by atoms with Crippen molar-refractivity contribution in [3.8, 4) is 0 Å². The molecule has 3 aliphatic heterocycles. The molecule has 6 heterocycles. The predicted molar refractivity (Wildman–Crippen MR) is 139 cm³/mol. The van der Waals surface area contributed by atoms with Crippen LogP contribution in [0, 0.1) is 0 Å². The molecule has 202 valence electrons. The Bertz CT molecular complexity index is 932. The fourth-order valence-corrected chi connectivity index (χ4v) is 4.88. The third-order valence-electron chi connectivity index (χ3n) is 7.05. The Morgan fingerprint density at radius 1 is 0.595 bits per heavy atom. The largest absolute Gasteiger partial charge is 0.463 e. The maximum atomic E-state index is 6.29. The van der Waals surface area contributed by atoms with Crippen molar-refractivity contribution in [2.45, 2.75) is 26.2 Å². The molecule has 2 atom stereocenters. The van der Waals surface area contributed by atoms with Gasteiger partial charge in [-0.25, -0.2) is 0 Å². The molecule has 4 bridgehead atoms. The molecule has 3 aromatic rings. The summed E-state index contributed by atoms with van der Waals surface area (Å²) in [6, 6.07) is 8.34. The molecule has 2 unspecified atom stereocenters. The zero-order chi connectivity index (χ0) is 25.1. The Morgan fingerprint density at radius 2 is 1.08 bits per heavy atom. The second-order valence-electron chi connectivity index (χ2n) is 9.86. The van der Waals surface area contributed by atoms with Crippen molar-refractivity contribution >= 4 is 0 Å². The first kappa shape index (κ1) is 26.1. The average molecular weight is 513 g/mol. The molecule has 1 saturated heterocycles. The van der Waals surface area contributed by atoms with E-state index in [-0.39, 0.29) is 0 Å². The Labute approximate surface area is 218 Å². The molecule has 0 aliphatic carbocycles. The zero-order valence-corrected chi connectivity index (χ0v) is 21.7. The van der Waals surface area contributed by atoms with Crippen LogP contribution in [0.25, 0.3) is 0 Å². The van der Waals surface area contributed by atoms with Crippen molar-refractivity contribution in [3.63, 3.8) is 0 Å². The van der Waals surface area contributed by atoms with Crippen molar-refractivity contribution in [2.24, 2.45) is 0 Å². The fourth-order valence-electron chi connectivity index (χ4n) is 4.88. The normalized spacial score (nSPS) is 24.1. The summed E-state index contributed by atoms with van der Waals surface area (Å²) in [6.45, 7) is 13.2. The second-order valence-corrected chi connectivity index (χ2v) is 9.86. The van der Waals surface area contributed by atoms with Gasteiger partial charge in [-0.05, 0) is 24.3 Å². The summed E-state index contributed by atoms with van der Waals surface area (Å²) >= 11 is 0. The van der Waals surface area contributed by atoms with E-state index in [1.54, 1.807) is 0 Å². The number of ether oxygens (including phenoxy) is 2. The molecule has 2 N–H and O–H groups in total. The van der Waals surface area contributed by atoms with Gasteiger partial charge < -0.3 is 13.9 Å². The summed E-state index contributed by atoms with van der Waals surface area (Å²) in [5.74, 6) is 2.03. The van der Waals surface area contributed by atoms with Crippen LogP contribution in [-0.4, -0.2) is 119 Å². The van der Waals surface area contributed by atoms with Crippen LogP contribution < -0.4 is 0 Å². The highest BCUT2D eigenvalue weighted by Crippen LogP contribution is 2.15. The minimum absolute atomic E-state index is 0.697. The fraction of sp³-hybridized carbons (Fsp3) is 0.615. The van der Waals surface area contributed by atoms with Crippen LogP contribution in [0.5, 0.6) is 0 Å². The number of aromatic amines is 2. The molecule has 3 aliphatic rings. The van der Waals surface area contributed by atoms with Crippen LogP contribution in [0.1, 0.15) is 22.9 Å². The number of hydrogen-bond donors (Lipinski definition) is 2. The SMILES string of the molecule is c1cc(CN2CCOCCN(Cc3ccn[nH]3)CCN3CCOCCN(CC2)Cc2ccc(o2)C3)[nH]n1. The first-order valence-electron chi connectivity index (χ1n) is 13.4. The molecule has 11 nitrogen and oxygen atoms in total. The molecule has 6 rings (SSSR count). The molecule has 0 radical (unpaired) electrons. The predicted octanol–water partition coefficient (Wildman–Crippen LogP) is 1.39. The van der Waals surface area contributed by atoms with E-state index in [4.69, 9.17) is 13.9 Å². The number of hydrogen-bond acceptors (Lipinski definition) is 9. The first-order chi connectivity index (χ1) is 18.3. The average Bonchev–Trinajstić information content (AvgIpc) is 3.67. The number of nitrogens with one attached hydrogen (secondary N) is 2. The summed E-state index contributed by atoms with van der Waals surface area (Å²) in [4.78, 5) is 9.72. The Hall–Kier alpha value is -2.54. The third kappa shape index (κ3) is 8.49. The van der Waals surface area contributed by atoms with E-state index in [1.807, 2.05) is 24.5 Å². The number of furan rings is 1. The van der Waals surface area contributed by atoms with Gasteiger partial charge in [-0.1, -0.05) is 0 Å². The molecule has 1 fully saturated rings. The van der Waals surface area contributed by atoms with Gasteiger partial charge in [0.1, 0.15) is 11.5 Å². The molecule has 11 heteroatoms. The zero-order valence-electron chi connectivity index (χ0n) is 21.7. The smallest absolute Gasteiger partial charge is 0.118 e. The highest BCUT2D eigenvalue weighted by atomic mass is 16.5. The lowest BCUT2D eigenvalue weighted by Gasteiger charge is -2.29. The summed E-state index contributed by atoms with van der Waals surface area (Å²) in [5, 5.41) is 14.5. The summed E-state index contributed by atoms with van der Waals surface area (Å²) in [5.41, 5.74) is 2.23. The highest BCUT2D eigenvalue weighted by molar-refractivity contribution is 5.07. The van der Waals surface area contributed by atoms with Crippen molar-refractivity contribution in [1.29, 1.82) is 0 Å². The first-order valence-corrected chi connectivity index (χ1v) is 13.4. The number of H-pyrrole nitrogens is 2. The highest BCUT2D eigenvalue weighted by Gasteiger charge is 2.18. The van der Waals surface area contributed by atoms with Gasteiger partial charge in [0.05, 0.1) is 39.5 Å². The van der Waals surface area contributed by atoms with Gasteiger partial charge in [-0.15, -0.1) is 0 Å². The molecule has 0 spiro atoms. The van der Waals surface area contributed by atoms with E-state index >= 15 is 0 Å². The lowest BCUT2D eigenvalue weighted by molar-refractivity contribution is 0.0492. The van der Waals surface area contributed by atoms with E-state index in [2.05, 4.69) is 52.1 Å². The molecular formula is C26H40N8O3. The Morgan fingerprint density at radius 3 is 1.54 bits per heavy atom. The van der Waals surface area contributed by atoms with Crippen LogP contribution >= 0.6 is 0 Å². The van der Waals surface area contributed by atoms with E-state index in [9.17, 15) is 0 Å². The topological polar surface area (TPSA) is 102 Å². The van der Waals surface area contributed by atoms with Crippen molar-refractivity contribution in [1.82, 2.24) is 40.0 Å². The van der Waals surface area contributed by atoms with Gasteiger partial charge in [-0.2, -0.15) is 10.2 Å². The number of nitrogens with zero attached hydrogens (tertiary/aromatic N) is 6. The van der Waals surface area contributed by atoms with Gasteiger partial charge in [0.25, 0.3) is 0 Å². The van der Waals surface area contributed by atoms with Gasteiger partial charge in [0, 0.05) is 89.2 Å². The van der Waals surface area contributed by atoms with Gasteiger partial charge >= 0.3 is 0 Å². The quantitative estimate of drug-likeness (QED) is 0.502. The molecule has 0 saturated carbocycles.